The summed E-state index contributed by atoms with van der Waals surface area (Å²) < 4.78 is 11.5. The van der Waals surface area contributed by atoms with Gasteiger partial charge in [-0.3, -0.25) is 4.79 Å². The molecule has 19 heavy (non-hydrogen) atoms. The van der Waals surface area contributed by atoms with E-state index in [1.807, 2.05) is 6.07 Å². The predicted octanol–water partition coefficient (Wildman–Crippen LogP) is 2.66. The van der Waals surface area contributed by atoms with Crippen molar-refractivity contribution in [3.8, 4) is 5.75 Å². The molecule has 0 amide bonds. The van der Waals surface area contributed by atoms with Crippen LogP contribution in [0.4, 0.5) is 0 Å². The first-order chi connectivity index (χ1) is 8.78. The number of carbonyl (C=O) groups is 2. The molecule has 1 unspecified atom stereocenters. The zero-order valence-corrected chi connectivity index (χ0v) is 12.6. The van der Waals surface area contributed by atoms with E-state index in [9.17, 15) is 9.59 Å². The van der Waals surface area contributed by atoms with E-state index >= 15 is 0 Å². The van der Waals surface area contributed by atoms with Gasteiger partial charge in [0.1, 0.15) is 11.4 Å². The summed E-state index contributed by atoms with van der Waals surface area (Å²) >= 11 is 3.37. The highest BCUT2D eigenvalue weighted by atomic mass is 79.9. The number of ketones is 1. The first-order valence-electron chi connectivity index (χ1n) is 5.97. The van der Waals surface area contributed by atoms with Gasteiger partial charge in [0.05, 0.1) is 0 Å². The van der Waals surface area contributed by atoms with Crippen LogP contribution in [-0.2, 0) is 20.7 Å². The summed E-state index contributed by atoms with van der Waals surface area (Å²) in [6.07, 6.45) is -0.998. The summed E-state index contributed by atoms with van der Waals surface area (Å²) in [6, 6.07) is 5.37. The van der Waals surface area contributed by atoms with Crippen LogP contribution in [0.1, 0.15) is 26.3 Å². The molecular formula is C14H15BrO4. The molecule has 0 N–H and O–H groups in total. The number of hydrogen-bond acceptors (Lipinski definition) is 4. The maximum Gasteiger partial charge on any atom is 0.355 e. The molecule has 0 saturated carbocycles. The highest BCUT2D eigenvalue weighted by Gasteiger charge is 2.37. The largest absolute Gasteiger partial charge is 0.470 e. The quantitative estimate of drug-likeness (QED) is 0.588. The summed E-state index contributed by atoms with van der Waals surface area (Å²) in [7, 11) is 0. The Morgan fingerprint density at radius 2 is 2.11 bits per heavy atom. The Bertz CT molecular complexity index is 531. The standard InChI is InChI=1S/C14H15BrO4/c1-14(2,3)19-13(17)12-10(16)7-8-9(15)5-4-6-11(8)18-12/h4-6,12H,7H2,1-3H3. The fraction of sp³-hybridized carbons (Fsp3) is 0.429. The van der Waals surface area contributed by atoms with Gasteiger partial charge < -0.3 is 9.47 Å². The van der Waals surface area contributed by atoms with Crippen LogP contribution >= 0.6 is 15.9 Å². The zero-order chi connectivity index (χ0) is 14.2. The highest BCUT2D eigenvalue weighted by Crippen LogP contribution is 2.32. The van der Waals surface area contributed by atoms with Crippen molar-refractivity contribution in [2.75, 3.05) is 0 Å². The summed E-state index contributed by atoms with van der Waals surface area (Å²) in [5.41, 5.74) is 0.130. The number of rotatable bonds is 1. The number of hydrogen-bond donors (Lipinski definition) is 0. The second-order valence-electron chi connectivity index (χ2n) is 5.39. The molecule has 0 saturated heterocycles. The lowest BCUT2D eigenvalue weighted by atomic mass is 10.0. The third-order valence-corrected chi connectivity index (χ3v) is 3.33. The van der Waals surface area contributed by atoms with Gasteiger partial charge in [-0.2, -0.15) is 0 Å². The number of benzene rings is 1. The van der Waals surface area contributed by atoms with Gasteiger partial charge in [-0.15, -0.1) is 0 Å². The van der Waals surface area contributed by atoms with E-state index in [2.05, 4.69) is 15.9 Å². The Balaban J connectivity index is 2.23. The Kier molecular flexibility index (Phi) is 3.67. The van der Waals surface area contributed by atoms with Crippen LogP contribution in [0.5, 0.6) is 5.75 Å². The minimum atomic E-state index is -1.17. The molecule has 102 valence electrons. The molecule has 2 rings (SSSR count). The highest BCUT2D eigenvalue weighted by molar-refractivity contribution is 9.10. The van der Waals surface area contributed by atoms with Gasteiger partial charge in [0.2, 0.25) is 0 Å². The number of halogens is 1. The minimum absolute atomic E-state index is 0.167. The molecule has 0 aliphatic carbocycles. The van der Waals surface area contributed by atoms with Crippen LogP contribution in [0.3, 0.4) is 0 Å². The lowest BCUT2D eigenvalue weighted by Gasteiger charge is -2.27. The Hall–Kier alpha value is -1.36. The number of ether oxygens (including phenoxy) is 2. The van der Waals surface area contributed by atoms with E-state index < -0.39 is 17.7 Å². The van der Waals surface area contributed by atoms with Gasteiger partial charge in [-0.25, -0.2) is 4.79 Å². The number of fused-ring (bicyclic) bond motifs is 1. The van der Waals surface area contributed by atoms with Crippen LogP contribution in [0, 0.1) is 0 Å². The van der Waals surface area contributed by atoms with E-state index in [1.165, 1.54) is 0 Å². The summed E-state index contributed by atoms with van der Waals surface area (Å²) in [5.74, 6) is -0.374. The maximum atomic E-state index is 12.0. The molecule has 1 heterocycles. The van der Waals surface area contributed by atoms with Crippen LogP contribution < -0.4 is 4.74 Å². The molecule has 0 fully saturated rings. The Morgan fingerprint density at radius 3 is 2.74 bits per heavy atom. The van der Waals surface area contributed by atoms with Gasteiger partial charge in [0.15, 0.2) is 5.78 Å². The SMILES string of the molecule is CC(C)(C)OC(=O)C1Oc2cccc(Br)c2CC1=O. The lowest BCUT2D eigenvalue weighted by molar-refractivity contribution is -0.166. The fourth-order valence-corrected chi connectivity index (χ4v) is 2.30. The number of Topliss-reactive ketones (excluding diaryl/α,β-unsaturated/α-hetero) is 1. The molecule has 1 atom stereocenters. The smallest absolute Gasteiger partial charge is 0.355 e. The molecule has 0 radical (unpaired) electrons. The van der Waals surface area contributed by atoms with Crippen molar-refractivity contribution in [1.82, 2.24) is 0 Å². The first-order valence-corrected chi connectivity index (χ1v) is 6.77. The summed E-state index contributed by atoms with van der Waals surface area (Å²) in [5, 5.41) is 0. The second kappa shape index (κ2) is 4.96. The molecule has 1 aromatic rings. The van der Waals surface area contributed by atoms with Crippen LogP contribution in [0.2, 0.25) is 0 Å². The van der Waals surface area contributed by atoms with Crippen molar-refractivity contribution < 1.29 is 19.1 Å². The summed E-state index contributed by atoms with van der Waals surface area (Å²) in [6.45, 7) is 5.26. The van der Waals surface area contributed by atoms with Crippen molar-refractivity contribution >= 4 is 27.7 Å². The van der Waals surface area contributed by atoms with Gasteiger partial charge >= 0.3 is 5.97 Å². The van der Waals surface area contributed by atoms with Crippen LogP contribution in [0.15, 0.2) is 22.7 Å². The molecule has 0 spiro atoms. The predicted molar refractivity (Wildman–Crippen MR) is 73.1 cm³/mol. The van der Waals surface area contributed by atoms with E-state index in [4.69, 9.17) is 9.47 Å². The van der Waals surface area contributed by atoms with Gasteiger partial charge in [-0.05, 0) is 32.9 Å². The van der Waals surface area contributed by atoms with Crippen molar-refractivity contribution in [3.63, 3.8) is 0 Å². The topological polar surface area (TPSA) is 52.6 Å². The lowest BCUT2D eigenvalue weighted by Crippen LogP contribution is -2.43. The molecular weight excluding hydrogens is 312 g/mol. The van der Waals surface area contributed by atoms with Crippen LogP contribution in [-0.4, -0.2) is 23.5 Å². The normalized spacial score (nSPS) is 18.5. The van der Waals surface area contributed by atoms with Crippen molar-refractivity contribution in [1.29, 1.82) is 0 Å². The minimum Gasteiger partial charge on any atom is -0.470 e. The van der Waals surface area contributed by atoms with E-state index in [1.54, 1.807) is 32.9 Å². The molecule has 5 heteroatoms. The monoisotopic (exact) mass is 326 g/mol. The van der Waals surface area contributed by atoms with E-state index in [0.29, 0.717) is 5.75 Å². The van der Waals surface area contributed by atoms with Crippen LogP contribution in [0.25, 0.3) is 0 Å². The number of carbonyl (C=O) groups excluding carboxylic acids is 2. The van der Waals surface area contributed by atoms with Crippen molar-refractivity contribution in [2.45, 2.75) is 38.9 Å². The molecule has 0 bridgehead atoms. The van der Waals surface area contributed by atoms with Gasteiger partial charge in [0, 0.05) is 16.5 Å². The molecule has 4 nitrogen and oxygen atoms in total. The van der Waals surface area contributed by atoms with Gasteiger partial charge in [0.25, 0.3) is 6.10 Å². The van der Waals surface area contributed by atoms with Gasteiger partial charge in [-0.1, -0.05) is 22.0 Å². The maximum absolute atomic E-state index is 12.0. The first kappa shape index (κ1) is 14.1. The average Bonchev–Trinajstić information content (AvgIpc) is 2.27. The summed E-state index contributed by atoms with van der Waals surface area (Å²) in [4.78, 5) is 23.9. The zero-order valence-electron chi connectivity index (χ0n) is 11.0. The fourth-order valence-electron chi connectivity index (χ4n) is 1.82. The molecule has 0 aromatic heterocycles. The van der Waals surface area contributed by atoms with E-state index in [0.717, 1.165) is 10.0 Å². The average molecular weight is 327 g/mol. The Labute approximate surface area is 120 Å². The Morgan fingerprint density at radius 1 is 1.42 bits per heavy atom. The second-order valence-corrected chi connectivity index (χ2v) is 6.25. The number of esters is 1. The molecule has 1 aromatic carbocycles. The molecule has 1 aliphatic rings. The van der Waals surface area contributed by atoms with E-state index in [-0.39, 0.29) is 12.2 Å². The molecule has 1 aliphatic heterocycles. The third kappa shape index (κ3) is 3.15. The third-order valence-electron chi connectivity index (χ3n) is 2.58. The van der Waals surface area contributed by atoms with Crippen molar-refractivity contribution in [3.05, 3.63) is 28.2 Å². The van der Waals surface area contributed by atoms with Crippen molar-refractivity contribution in [2.24, 2.45) is 0 Å².